The molecule has 1 aliphatic heterocycles. The third-order valence-electron chi connectivity index (χ3n) is 4.29. The summed E-state index contributed by atoms with van der Waals surface area (Å²) in [5.41, 5.74) is 1.03. The zero-order chi connectivity index (χ0) is 21.2. The van der Waals surface area contributed by atoms with Gasteiger partial charge in [0.2, 0.25) is 0 Å². The Morgan fingerprint density at radius 1 is 1.21 bits per heavy atom. The Hall–Kier alpha value is -2.44. The summed E-state index contributed by atoms with van der Waals surface area (Å²) in [6, 6.07) is 10.4. The molecule has 6 nitrogen and oxygen atoms in total. The minimum Gasteiger partial charge on any atom is -0.483 e. The number of benzene rings is 2. The van der Waals surface area contributed by atoms with E-state index in [0.717, 1.165) is 12.0 Å². The van der Waals surface area contributed by atoms with Gasteiger partial charge in [0.05, 0.1) is 15.7 Å². The van der Waals surface area contributed by atoms with E-state index in [0.29, 0.717) is 22.2 Å². The maximum absolute atomic E-state index is 12.3. The smallest absolute Gasteiger partial charge is 0.344 e. The third kappa shape index (κ3) is 5.14. The molecule has 3 rings (SSSR count). The molecule has 2 aromatic carbocycles. The molecular weight excluding hydrogens is 417 g/mol. The van der Waals surface area contributed by atoms with Crippen LogP contribution in [-0.4, -0.2) is 30.2 Å². The van der Waals surface area contributed by atoms with Crippen molar-refractivity contribution in [1.29, 1.82) is 0 Å². The van der Waals surface area contributed by atoms with Crippen molar-refractivity contribution < 1.29 is 23.8 Å². The number of hydrogen-bond acceptors (Lipinski definition) is 5. The molecule has 0 saturated carbocycles. The number of carbonyl (C=O) groups excluding carboxylic acids is 2. The summed E-state index contributed by atoms with van der Waals surface area (Å²) in [6.45, 7) is 5.07. The van der Waals surface area contributed by atoms with Gasteiger partial charge in [-0.3, -0.25) is 4.79 Å². The number of esters is 1. The van der Waals surface area contributed by atoms with Crippen LogP contribution in [0.5, 0.6) is 11.5 Å². The van der Waals surface area contributed by atoms with E-state index in [-0.39, 0.29) is 17.2 Å². The molecule has 0 saturated heterocycles. The van der Waals surface area contributed by atoms with Crippen LogP contribution in [0.3, 0.4) is 0 Å². The second-order valence-electron chi connectivity index (χ2n) is 7.29. The van der Waals surface area contributed by atoms with Gasteiger partial charge in [0.25, 0.3) is 5.91 Å². The minimum absolute atomic E-state index is 0.213. The predicted octanol–water partition coefficient (Wildman–Crippen LogP) is 4.66. The second-order valence-corrected chi connectivity index (χ2v) is 8.08. The lowest BCUT2D eigenvalue weighted by Gasteiger charge is -2.18. The SMILES string of the molecule is C[C@H](OC(=O)COc1cccc2c1OC(C)(C)C2)C(=O)Nc1cccc(Cl)c1Cl. The van der Waals surface area contributed by atoms with Gasteiger partial charge in [-0.2, -0.15) is 0 Å². The maximum atomic E-state index is 12.3. The van der Waals surface area contributed by atoms with Crippen LogP contribution in [0.4, 0.5) is 5.69 Å². The number of amides is 1. The zero-order valence-electron chi connectivity index (χ0n) is 16.3. The number of halogens is 2. The van der Waals surface area contributed by atoms with Crippen molar-refractivity contribution in [1.82, 2.24) is 0 Å². The molecule has 1 heterocycles. The number of para-hydroxylation sites is 1. The molecule has 0 spiro atoms. The molecule has 0 aromatic heterocycles. The number of fused-ring (bicyclic) bond motifs is 1. The van der Waals surface area contributed by atoms with Gasteiger partial charge in [0.1, 0.15) is 5.60 Å². The third-order valence-corrected chi connectivity index (χ3v) is 5.11. The topological polar surface area (TPSA) is 73.9 Å². The summed E-state index contributed by atoms with van der Waals surface area (Å²) in [5.74, 6) is -0.118. The van der Waals surface area contributed by atoms with Gasteiger partial charge in [-0.15, -0.1) is 0 Å². The second kappa shape index (κ2) is 8.51. The molecule has 0 unspecified atom stereocenters. The van der Waals surface area contributed by atoms with E-state index in [4.69, 9.17) is 37.4 Å². The van der Waals surface area contributed by atoms with Crippen LogP contribution in [0.1, 0.15) is 26.3 Å². The lowest BCUT2D eigenvalue weighted by Crippen LogP contribution is -2.31. The van der Waals surface area contributed by atoms with Gasteiger partial charge in [0, 0.05) is 12.0 Å². The van der Waals surface area contributed by atoms with Gasteiger partial charge in [0.15, 0.2) is 24.2 Å². The first-order valence-electron chi connectivity index (χ1n) is 9.04. The Bertz CT molecular complexity index is 945. The van der Waals surface area contributed by atoms with Gasteiger partial charge in [-0.25, -0.2) is 4.79 Å². The van der Waals surface area contributed by atoms with Crippen LogP contribution in [0, 0.1) is 0 Å². The predicted molar refractivity (Wildman–Crippen MR) is 111 cm³/mol. The summed E-state index contributed by atoms with van der Waals surface area (Å²) in [7, 11) is 0. The van der Waals surface area contributed by atoms with Crippen molar-refractivity contribution in [3.63, 3.8) is 0 Å². The van der Waals surface area contributed by atoms with Crippen molar-refractivity contribution in [2.75, 3.05) is 11.9 Å². The van der Waals surface area contributed by atoms with Crippen molar-refractivity contribution in [2.45, 2.75) is 38.9 Å². The number of nitrogens with one attached hydrogen (secondary N) is 1. The quantitative estimate of drug-likeness (QED) is 0.665. The monoisotopic (exact) mass is 437 g/mol. The highest BCUT2D eigenvalue weighted by molar-refractivity contribution is 6.44. The molecule has 154 valence electrons. The summed E-state index contributed by atoms with van der Waals surface area (Å²) >= 11 is 12.0. The first-order valence-corrected chi connectivity index (χ1v) is 9.80. The van der Waals surface area contributed by atoms with Gasteiger partial charge in [-0.1, -0.05) is 41.4 Å². The summed E-state index contributed by atoms with van der Waals surface area (Å²) in [4.78, 5) is 24.4. The highest BCUT2D eigenvalue weighted by Crippen LogP contribution is 2.41. The van der Waals surface area contributed by atoms with E-state index in [2.05, 4.69) is 5.32 Å². The van der Waals surface area contributed by atoms with E-state index < -0.39 is 18.0 Å². The van der Waals surface area contributed by atoms with Crippen molar-refractivity contribution in [3.05, 3.63) is 52.0 Å². The van der Waals surface area contributed by atoms with E-state index in [1.807, 2.05) is 26.0 Å². The van der Waals surface area contributed by atoms with E-state index in [1.54, 1.807) is 24.3 Å². The molecule has 0 bridgehead atoms. The molecule has 0 aliphatic carbocycles. The number of anilines is 1. The summed E-state index contributed by atoms with van der Waals surface area (Å²) in [5, 5.41) is 3.10. The van der Waals surface area contributed by atoms with Crippen molar-refractivity contribution in [2.24, 2.45) is 0 Å². The van der Waals surface area contributed by atoms with Gasteiger partial charge >= 0.3 is 5.97 Å². The molecular formula is C21H21Cl2NO5. The molecule has 1 amide bonds. The molecule has 1 aliphatic rings. The van der Waals surface area contributed by atoms with Crippen LogP contribution < -0.4 is 14.8 Å². The maximum Gasteiger partial charge on any atom is 0.344 e. The fourth-order valence-electron chi connectivity index (χ4n) is 2.96. The minimum atomic E-state index is -1.04. The fraction of sp³-hybridized carbons (Fsp3) is 0.333. The van der Waals surface area contributed by atoms with Crippen molar-refractivity contribution >= 4 is 40.8 Å². The summed E-state index contributed by atoms with van der Waals surface area (Å²) in [6.07, 6.45) is -0.286. The first-order chi connectivity index (χ1) is 13.7. The van der Waals surface area contributed by atoms with E-state index >= 15 is 0 Å². The highest BCUT2D eigenvalue weighted by Gasteiger charge is 2.32. The lowest BCUT2D eigenvalue weighted by atomic mass is 10.0. The Labute approximate surface area is 179 Å². The lowest BCUT2D eigenvalue weighted by molar-refractivity contribution is -0.155. The standard InChI is InChI=1S/C21H21Cl2NO5/c1-12(20(26)24-15-8-5-7-14(22)18(15)23)28-17(25)11-27-16-9-4-6-13-10-21(2,3)29-19(13)16/h4-9,12H,10-11H2,1-3H3,(H,24,26)/t12-/m0/s1. The molecule has 29 heavy (non-hydrogen) atoms. The Morgan fingerprint density at radius 3 is 2.69 bits per heavy atom. The Kier molecular flexibility index (Phi) is 6.24. The molecule has 1 N–H and O–H groups in total. The molecule has 0 radical (unpaired) electrons. The van der Waals surface area contributed by atoms with Crippen LogP contribution in [0.25, 0.3) is 0 Å². The average molecular weight is 438 g/mol. The molecule has 0 fully saturated rings. The number of hydrogen-bond donors (Lipinski definition) is 1. The van der Waals surface area contributed by atoms with Crippen LogP contribution in [0.2, 0.25) is 10.0 Å². The van der Waals surface area contributed by atoms with Crippen LogP contribution in [0.15, 0.2) is 36.4 Å². The molecule has 8 heteroatoms. The fourth-order valence-corrected chi connectivity index (χ4v) is 3.30. The van der Waals surface area contributed by atoms with E-state index in [9.17, 15) is 9.59 Å². The van der Waals surface area contributed by atoms with Gasteiger partial charge < -0.3 is 19.5 Å². The highest BCUT2D eigenvalue weighted by atomic mass is 35.5. The van der Waals surface area contributed by atoms with E-state index in [1.165, 1.54) is 6.92 Å². The first kappa shape index (κ1) is 21.3. The van der Waals surface area contributed by atoms with Crippen LogP contribution >= 0.6 is 23.2 Å². The Morgan fingerprint density at radius 2 is 1.93 bits per heavy atom. The number of rotatable bonds is 6. The largest absolute Gasteiger partial charge is 0.483 e. The van der Waals surface area contributed by atoms with Crippen LogP contribution in [-0.2, 0) is 20.7 Å². The number of carbonyl (C=O) groups is 2. The van der Waals surface area contributed by atoms with Crippen molar-refractivity contribution in [3.8, 4) is 11.5 Å². The normalized spacial score (nSPS) is 15.1. The average Bonchev–Trinajstić information content (AvgIpc) is 2.98. The number of ether oxygens (including phenoxy) is 3. The summed E-state index contributed by atoms with van der Waals surface area (Å²) < 4.78 is 16.6. The zero-order valence-corrected chi connectivity index (χ0v) is 17.8. The molecule has 2 aromatic rings. The Balaban J connectivity index is 1.54. The molecule has 1 atom stereocenters. The van der Waals surface area contributed by atoms with Gasteiger partial charge in [-0.05, 0) is 39.0 Å².